The quantitative estimate of drug-likeness (QED) is 0.0421. The van der Waals surface area contributed by atoms with Crippen molar-refractivity contribution in [1.82, 2.24) is 4.57 Å². The van der Waals surface area contributed by atoms with Gasteiger partial charge in [0.2, 0.25) is 0 Å². The minimum absolute atomic E-state index is 0.00949. The maximum atomic E-state index is 11.1. The van der Waals surface area contributed by atoms with Gasteiger partial charge in [0.05, 0.1) is 22.3 Å². The van der Waals surface area contributed by atoms with Crippen molar-refractivity contribution in [2.45, 2.75) is 52.4 Å². The molecular formula is C91H71N5S. The Labute approximate surface area is 573 Å². The van der Waals surface area contributed by atoms with Crippen molar-refractivity contribution < 1.29 is 0 Å². The Bertz CT molecular complexity index is 5480. The molecular weight excluding hydrogens is 1200 g/mol. The summed E-state index contributed by atoms with van der Waals surface area (Å²) in [6.07, 6.45) is 4.13. The van der Waals surface area contributed by atoms with Gasteiger partial charge < -0.3 is 9.47 Å². The summed E-state index contributed by atoms with van der Waals surface area (Å²) in [7, 11) is 0. The van der Waals surface area contributed by atoms with Crippen molar-refractivity contribution in [3.63, 3.8) is 0 Å². The number of allylic oxidation sites excluding steroid dienone is 5. The van der Waals surface area contributed by atoms with Crippen LogP contribution in [0.15, 0.2) is 319 Å². The number of hydrogen-bond donors (Lipinski definition) is 2. The Morgan fingerprint density at radius 3 is 1.33 bits per heavy atom. The molecule has 466 valence electrons. The Morgan fingerprint density at radius 2 is 0.825 bits per heavy atom. The molecule has 14 aromatic rings. The first-order valence-electron chi connectivity index (χ1n) is 33.1. The van der Waals surface area contributed by atoms with Gasteiger partial charge in [-0.05, 0) is 190 Å². The monoisotopic (exact) mass is 1270 g/mol. The van der Waals surface area contributed by atoms with Crippen LogP contribution in [0, 0.1) is 16.7 Å². The Hall–Kier alpha value is -11.6. The first-order valence-corrected chi connectivity index (χ1v) is 33.5. The molecule has 1 aliphatic rings. The molecule has 15 rings (SSSR count). The van der Waals surface area contributed by atoms with Gasteiger partial charge in [0.25, 0.3) is 0 Å². The van der Waals surface area contributed by atoms with Crippen molar-refractivity contribution >= 4 is 95.7 Å². The van der Waals surface area contributed by atoms with Gasteiger partial charge in [-0.2, -0.15) is 5.26 Å². The van der Waals surface area contributed by atoms with Crippen LogP contribution in [0.4, 0.5) is 11.4 Å². The molecule has 1 N–H and O–H groups in total. The Kier molecular flexibility index (Phi) is 16.0. The highest BCUT2D eigenvalue weighted by Gasteiger charge is 2.29. The normalized spacial score (nSPS) is 13.1. The summed E-state index contributed by atoms with van der Waals surface area (Å²) in [6.45, 7) is 13.3. The van der Waals surface area contributed by atoms with E-state index < -0.39 is 0 Å². The van der Waals surface area contributed by atoms with Gasteiger partial charge in [-0.25, -0.2) is 4.40 Å². The van der Waals surface area contributed by atoms with E-state index in [9.17, 15) is 10.7 Å². The predicted molar refractivity (Wildman–Crippen MR) is 415 cm³/mol. The fraction of sp³-hybridized carbons (Fsp3) is 0.0879. The van der Waals surface area contributed by atoms with Crippen LogP contribution in [0.3, 0.4) is 0 Å². The van der Waals surface area contributed by atoms with Crippen LogP contribution in [0.5, 0.6) is 0 Å². The maximum absolute atomic E-state index is 11.1. The van der Waals surface area contributed by atoms with Crippen LogP contribution < -0.4 is 4.90 Å². The van der Waals surface area contributed by atoms with Crippen molar-refractivity contribution in [3.8, 4) is 56.3 Å². The predicted octanol–water partition coefficient (Wildman–Crippen LogP) is 24.3. The summed E-state index contributed by atoms with van der Waals surface area (Å²) >= 11 is 4.66. The van der Waals surface area contributed by atoms with Crippen LogP contribution in [-0.2, 0) is 10.8 Å². The van der Waals surface area contributed by atoms with Gasteiger partial charge in [0.15, 0.2) is 0 Å². The maximum Gasteiger partial charge on any atom is 0.106 e. The number of rotatable bonds is 12. The minimum Gasteiger partial charge on any atom is -0.309 e. The van der Waals surface area contributed by atoms with Gasteiger partial charge in [-0.15, -0.1) is 0 Å². The topological polar surface area (TPSA) is 68.2 Å². The molecule has 0 radical (unpaired) electrons. The first kappa shape index (κ1) is 61.6. The van der Waals surface area contributed by atoms with Crippen molar-refractivity contribution in [3.05, 3.63) is 348 Å². The van der Waals surface area contributed by atoms with E-state index >= 15 is 0 Å². The fourth-order valence-electron chi connectivity index (χ4n) is 14.1. The second-order valence-electron chi connectivity index (χ2n) is 27.2. The largest absolute Gasteiger partial charge is 0.309 e. The van der Waals surface area contributed by atoms with Crippen molar-refractivity contribution in [2.75, 3.05) is 4.90 Å². The third-order valence-corrected chi connectivity index (χ3v) is 19.4. The second kappa shape index (κ2) is 25.3. The summed E-state index contributed by atoms with van der Waals surface area (Å²) in [6, 6.07) is 108. The number of thiol groups is 1. The highest BCUT2D eigenvalue weighted by molar-refractivity contribution is 7.79. The van der Waals surface area contributed by atoms with Crippen LogP contribution >= 0.6 is 12.8 Å². The lowest BCUT2D eigenvalue weighted by atomic mass is 9.83. The van der Waals surface area contributed by atoms with E-state index in [4.69, 9.17) is 0 Å². The zero-order valence-corrected chi connectivity index (χ0v) is 56.1. The summed E-state index contributed by atoms with van der Waals surface area (Å²) in [5, 5.41) is 28.3. The van der Waals surface area contributed by atoms with Crippen molar-refractivity contribution in [2.24, 2.45) is 4.40 Å². The molecule has 1 heterocycles. The Morgan fingerprint density at radius 1 is 0.402 bits per heavy atom. The number of aromatic nitrogens is 1. The minimum atomic E-state index is -0.00949. The van der Waals surface area contributed by atoms with E-state index in [0.29, 0.717) is 17.0 Å². The number of nitrogens with zero attached hydrogens (tertiary/aromatic N) is 4. The average molecular weight is 1270 g/mol. The Balaban J connectivity index is 0.802. The number of nitriles is 1. The molecule has 0 bridgehead atoms. The zero-order chi connectivity index (χ0) is 66.5. The molecule has 0 spiro atoms. The lowest BCUT2D eigenvalue weighted by Gasteiger charge is -2.31. The van der Waals surface area contributed by atoms with E-state index in [0.717, 1.165) is 94.5 Å². The summed E-state index contributed by atoms with van der Waals surface area (Å²) in [5.74, 6) is 0. The summed E-state index contributed by atoms with van der Waals surface area (Å²) in [5.41, 5.74) is 23.9. The molecule has 0 aliphatic heterocycles. The number of fused-ring (bicyclic) bond motifs is 5. The van der Waals surface area contributed by atoms with Crippen LogP contribution in [0.1, 0.15) is 74.9 Å². The third kappa shape index (κ3) is 11.5. The van der Waals surface area contributed by atoms with Crippen LogP contribution in [0.25, 0.3) is 110 Å². The third-order valence-electron chi connectivity index (χ3n) is 19.2. The number of para-hydroxylation sites is 1. The molecule has 5 nitrogen and oxygen atoms in total. The van der Waals surface area contributed by atoms with Crippen LogP contribution in [-0.4, -0.2) is 16.0 Å². The molecule has 0 atom stereocenters. The second-order valence-corrected chi connectivity index (χ2v) is 27.4. The van der Waals surface area contributed by atoms with Gasteiger partial charge in [0.1, 0.15) is 17.5 Å². The van der Waals surface area contributed by atoms with Gasteiger partial charge in [0, 0.05) is 39.0 Å². The summed E-state index contributed by atoms with van der Waals surface area (Å²) < 4.78 is 7.03. The van der Waals surface area contributed by atoms with Gasteiger partial charge >= 0.3 is 0 Å². The molecule has 6 heteroatoms. The molecule has 0 saturated heterocycles. The highest BCUT2D eigenvalue weighted by Crippen LogP contribution is 2.46. The van der Waals surface area contributed by atoms with Crippen LogP contribution in [0.2, 0.25) is 0 Å². The van der Waals surface area contributed by atoms with Gasteiger partial charge in [-0.1, -0.05) is 284 Å². The molecule has 1 aliphatic carbocycles. The molecule has 0 unspecified atom stereocenters. The smallest absolute Gasteiger partial charge is 0.106 e. The molecule has 1 aromatic heterocycles. The SMILES string of the molecule is CC(C)(C)c1ccc(C(=C(C#N)c2ccc(-c3ccc(N(C4=CC=C(c5ccc6c(c5)c5ccccc5n6-c5ccc6c(-c7ccccc7)c7ccccc7c(-c7ccccc7)c6c5)/C(=N/S)C4=N)c4ccc(-c5ccccc5)cc4)cc3)cc2)c2ccc(C(C)(C)C)cc2)cc1. The number of benzene rings is 13. The van der Waals surface area contributed by atoms with E-state index in [1.54, 1.807) is 0 Å². The molecule has 0 saturated carbocycles. The average Bonchev–Trinajstić information content (AvgIpc) is 1.70. The molecule has 0 fully saturated rings. The number of anilines is 2. The van der Waals surface area contributed by atoms with Crippen molar-refractivity contribution in [1.29, 1.82) is 10.7 Å². The standard InChI is InChI=1S/C91H71N5S/c1-90(2,3)69-43-34-66(35-44-69)85(67-36-45-70(46-37-67)91(4,5)6)81(58-92)63-32-30-60(31-33-63)62-40-49-72(50-41-62)95(71-47-38-61(39-48-71)59-20-10-7-11-21-59)84-55-53-74(89(94-97)88(84)93)68-42-54-83-79(56-68)75-26-18-19-29-82(75)96(83)73-51-52-78-80(57-73)87(65-24-14-9-15-25-65)77-28-17-16-27-76(77)86(78)64-22-12-8-13-23-64/h7-57,93,97H,1-6H3/b93-88?,94-89-. The fourth-order valence-corrected chi connectivity index (χ4v) is 14.4. The van der Waals surface area contributed by atoms with E-state index in [2.05, 4.69) is 372 Å². The zero-order valence-electron chi connectivity index (χ0n) is 55.2. The van der Waals surface area contributed by atoms with Gasteiger partial charge in [-0.3, -0.25) is 5.41 Å². The summed E-state index contributed by atoms with van der Waals surface area (Å²) in [4.78, 5) is 2.14. The molecule has 13 aromatic carbocycles. The first-order chi connectivity index (χ1) is 47.2. The van der Waals surface area contributed by atoms with E-state index in [-0.39, 0.29) is 16.5 Å². The molecule has 97 heavy (non-hydrogen) atoms. The van der Waals surface area contributed by atoms with E-state index in [1.807, 2.05) is 12.1 Å². The molecule has 0 amide bonds. The number of hydrogen-bond acceptors (Lipinski definition) is 5. The van der Waals surface area contributed by atoms with E-state index in [1.165, 1.54) is 54.9 Å². The highest BCUT2D eigenvalue weighted by atomic mass is 32.1. The lowest BCUT2D eigenvalue weighted by Crippen LogP contribution is -2.30. The number of nitrogens with one attached hydrogen (secondary N) is 1. The lowest BCUT2D eigenvalue weighted by molar-refractivity contribution is 0.590.